The lowest BCUT2D eigenvalue weighted by Gasteiger charge is -2.36. The Morgan fingerprint density at radius 3 is 2.09 bits per heavy atom. The maximum atomic E-state index is 12.6. The van der Waals surface area contributed by atoms with E-state index in [4.69, 9.17) is 5.73 Å². The third-order valence-electron chi connectivity index (χ3n) is 3.53. The lowest BCUT2D eigenvalue weighted by molar-refractivity contribution is -0.137. The van der Waals surface area contributed by atoms with Gasteiger partial charge in [-0.25, -0.2) is 8.42 Å². The number of nitrogens with zero attached hydrogens (tertiary/aromatic N) is 2. The van der Waals surface area contributed by atoms with E-state index in [1.165, 1.54) is 4.31 Å². The van der Waals surface area contributed by atoms with Gasteiger partial charge in [0.2, 0.25) is 15.9 Å². The SMILES string of the molecule is CC(C)(N)C(=O)N1CCN(S(=O)(=O)c2ccc(Br)cc2)CC1. The molecule has 1 saturated heterocycles. The summed E-state index contributed by atoms with van der Waals surface area (Å²) in [4.78, 5) is 14.0. The average Bonchev–Trinajstić information content (AvgIpc) is 2.46. The zero-order valence-corrected chi connectivity index (χ0v) is 15.0. The van der Waals surface area contributed by atoms with E-state index in [2.05, 4.69) is 15.9 Å². The van der Waals surface area contributed by atoms with Crippen LogP contribution in [-0.4, -0.2) is 55.2 Å². The van der Waals surface area contributed by atoms with Crippen molar-refractivity contribution >= 4 is 31.9 Å². The molecular formula is C14H20BrN3O3S. The van der Waals surface area contributed by atoms with Gasteiger partial charge in [-0.05, 0) is 38.1 Å². The highest BCUT2D eigenvalue weighted by Crippen LogP contribution is 2.20. The molecule has 0 saturated carbocycles. The van der Waals surface area contributed by atoms with Crippen molar-refractivity contribution in [2.24, 2.45) is 5.73 Å². The number of carbonyl (C=O) groups is 1. The number of amides is 1. The Bertz CT molecular complexity index is 645. The van der Waals surface area contributed by atoms with Crippen molar-refractivity contribution in [2.75, 3.05) is 26.2 Å². The summed E-state index contributed by atoms with van der Waals surface area (Å²) in [5.41, 5.74) is 4.87. The standard InChI is InChI=1S/C14H20BrN3O3S/c1-14(2,16)13(19)17-7-9-18(10-8-17)22(20,21)12-5-3-11(15)4-6-12/h3-6H,7-10,16H2,1-2H3. The van der Waals surface area contributed by atoms with Gasteiger partial charge in [-0.1, -0.05) is 15.9 Å². The van der Waals surface area contributed by atoms with Gasteiger partial charge in [-0.15, -0.1) is 0 Å². The number of benzene rings is 1. The topological polar surface area (TPSA) is 83.7 Å². The van der Waals surface area contributed by atoms with Crippen molar-refractivity contribution in [3.63, 3.8) is 0 Å². The third-order valence-corrected chi connectivity index (χ3v) is 5.97. The van der Waals surface area contributed by atoms with E-state index >= 15 is 0 Å². The Hall–Kier alpha value is -0.960. The smallest absolute Gasteiger partial charge is 0.243 e. The number of hydrogen-bond acceptors (Lipinski definition) is 4. The molecule has 8 heteroatoms. The van der Waals surface area contributed by atoms with E-state index in [9.17, 15) is 13.2 Å². The lowest BCUT2D eigenvalue weighted by Crippen LogP contribution is -2.57. The highest BCUT2D eigenvalue weighted by Gasteiger charge is 2.33. The number of sulfonamides is 1. The Balaban J connectivity index is 2.08. The molecule has 2 N–H and O–H groups in total. The van der Waals surface area contributed by atoms with Gasteiger partial charge in [0.15, 0.2) is 0 Å². The second kappa shape index (κ2) is 6.27. The first-order valence-corrected chi connectivity index (χ1v) is 9.19. The van der Waals surface area contributed by atoms with Crippen molar-refractivity contribution in [3.8, 4) is 0 Å². The lowest BCUT2D eigenvalue weighted by atomic mass is 10.1. The zero-order valence-electron chi connectivity index (χ0n) is 12.6. The van der Waals surface area contributed by atoms with Crippen LogP contribution in [0, 0.1) is 0 Å². The van der Waals surface area contributed by atoms with Gasteiger partial charge in [0.25, 0.3) is 0 Å². The molecule has 1 fully saturated rings. The van der Waals surface area contributed by atoms with E-state index in [0.29, 0.717) is 13.1 Å². The molecular weight excluding hydrogens is 370 g/mol. The average molecular weight is 390 g/mol. The minimum absolute atomic E-state index is 0.159. The molecule has 1 aliphatic heterocycles. The maximum Gasteiger partial charge on any atom is 0.243 e. The van der Waals surface area contributed by atoms with Gasteiger partial charge >= 0.3 is 0 Å². The Morgan fingerprint density at radius 1 is 1.14 bits per heavy atom. The first kappa shape index (κ1) is 17.4. The van der Waals surface area contributed by atoms with Crippen LogP contribution in [0.5, 0.6) is 0 Å². The van der Waals surface area contributed by atoms with Crippen LogP contribution in [-0.2, 0) is 14.8 Å². The van der Waals surface area contributed by atoms with Crippen LogP contribution in [0.4, 0.5) is 0 Å². The van der Waals surface area contributed by atoms with Crippen LogP contribution in [0.15, 0.2) is 33.6 Å². The van der Waals surface area contributed by atoms with Crippen LogP contribution in [0.2, 0.25) is 0 Å². The number of rotatable bonds is 3. The maximum absolute atomic E-state index is 12.6. The van der Waals surface area contributed by atoms with Crippen molar-refractivity contribution in [3.05, 3.63) is 28.7 Å². The van der Waals surface area contributed by atoms with E-state index in [-0.39, 0.29) is 23.9 Å². The quantitative estimate of drug-likeness (QED) is 0.836. The molecule has 2 rings (SSSR count). The number of halogens is 1. The fraction of sp³-hybridized carbons (Fsp3) is 0.500. The summed E-state index contributed by atoms with van der Waals surface area (Å²) >= 11 is 3.29. The fourth-order valence-electron chi connectivity index (χ4n) is 2.29. The van der Waals surface area contributed by atoms with Crippen molar-refractivity contribution < 1.29 is 13.2 Å². The van der Waals surface area contributed by atoms with E-state index in [1.54, 1.807) is 43.0 Å². The highest BCUT2D eigenvalue weighted by molar-refractivity contribution is 9.10. The monoisotopic (exact) mass is 389 g/mol. The summed E-state index contributed by atoms with van der Waals surface area (Å²) in [5, 5.41) is 0. The van der Waals surface area contributed by atoms with Crippen LogP contribution in [0.25, 0.3) is 0 Å². The van der Waals surface area contributed by atoms with Crippen LogP contribution < -0.4 is 5.73 Å². The van der Waals surface area contributed by atoms with Gasteiger partial charge in [-0.2, -0.15) is 4.31 Å². The first-order chi connectivity index (χ1) is 10.1. The molecule has 1 aliphatic rings. The molecule has 1 aromatic carbocycles. The summed E-state index contributed by atoms with van der Waals surface area (Å²) in [6.45, 7) is 4.57. The molecule has 0 bridgehead atoms. The van der Waals surface area contributed by atoms with Crippen molar-refractivity contribution in [2.45, 2.75) is 24.3 Å². The molecule has 1 aromatic rings. The van der Waals surface area contributed by atoms with Crippen LogP contribution in [0.1, 0.15) is 13.8 Å². The molecule has 0 aromatic heterocycles. The van der Waals surface area contributed by atoms with E-state index in [0.717, 1.165) is 4.47 Å². The first-order valence-electron chi connectivity index (χ1n) is 6.96. The summed E-state index contributed by atoms with van der Waals surface area (Å²) in [6, 6.07) is 6.53. The summed E-state index contributed by atoms with van der Waals surface area (Å²) in [7, 11) is -3.52. The predicted octanol–water partition coefficient (Wildman–Crippen LogP) is 1.02. The normalized spacial score (nSPS) is 17.5. The second-order valence-corrected chi connectivity index (χ2v) is 8.73. The fourth-order valence-corrected chi connectivity index (χ4v) is 3.98. The van der Waals surface area contributed by atoms with Crippen molar-refractivity contribution in [1.82, 2.24) is 9.21 Å². The minimum Gasteiger partial charge on any atom is -0.338 e. The number of carbonyl (C=O) groups excluding carboxylic acids is 1. The summed E-state index contributed by atoms with van der Waals surface area (Å²) < 4.78 is 27.3. The molecule has 0 atom stereocenters. The number of hydrogen-bond donors (Lipinski definition) is 1. The summed E-state index contributed by atoms with van der Waals surface area (Å²) in [5.74, 6) is -0.159. The predicted molar refractivity (Wildman–Crippen MR) is 87.7 cm³/mol. The van der Waals surface area contributed by atoms with Gasteiger partial charge in [0.05, 0.1) is 10.4 Å². The molecule has 0 unspecified atom stereocenters. The van der Waals surface area contributed by atoms with E-state index < -0.39 is 15.6 Å². The molecule has 0 spiro atoms. The zero-order chi connectivity index (χ0) is 16.5. The molecule has 1 amide bonds. The molecule has 6 nitrogen and oxygen atoms in total. The van der Waals surface area contributed by atoms with Gasteiger partial charge < -0.3 is 10.6 Å². The van der Waals surface area contributed by atoms with Crippen molar-refractivity contribution in [1.29, 1.82) is 0 Å². The van der Waals surface area contributed by atoms with Gasteiger partial charge in [0, 0.05) is 30.7 Å². The van der Waals surface area contributed by atoms with Crippen LogP contribution in [0.3, 0.4) is 0 Å². The van der Waals surface area contributed by atoms with E-state index in [1.807, 2.05) is 0 Å². The molecule has 0 aliphatic carbocycles. The summed E-state index contributed by atoms with van der Waals surface area (Å²) in [6.07, 6.45) is 0. The Labute approximate surface area is 139 Å². The largest absolute Gasteiger partial charge is 0.338 e. The minimum atomic E-state index is -3.52. The van der Waals surface area contributed by atoms with Gasteiger partial charge in [-0.3, -0.25) is 4.79 Å². The number of nitrogens with two attached hydrogens (primary N) is 1. The second-order valence-electron chi connectivity index (χ2n) is 5.87. The Morgan fingerprint density at radius 2 is 1.64 bits per heavy atom. The highest BCUT2D eigenvalue weighted by atomic mass is 79.9. The molecule has 122 valence electrons. The number of piperazine rings is 1. The molecule has 1 heterocycles. The Kier molecular flexibility index (Phi) is 4.96. The molecule has 0 radical (unpaired) electrons. The third kappa shape index (κ3) is 3.68. The molecule has 22 heavy (non-hydrogen) atoms. The van der Waals surface area contributed by atoms with Gasteiger partial charge in [0.1, 0.15) is 0 Å². The van der Waals surface area contributed by atoms with Crippen LogP contribution >= 0.6 is 15.9 Å².